The SMILES string of the molecule is COc1cc(/C=C/C(=O)O[C@H]2C[C@@]3(C)[C@H]4C[C@@H]2C(C)(C)[C@]3(O)CC[C@@H]4C)ccc1O. The van der Waals surface area contributed by atoms with Gasteiger partial charge in [0.05, 0.1) is 12.7 Å². The van der Waals surface area contributed by atoms with Gasteiger partial charge < -0.3 is 19.7 Å². The number of fused-ring (bicyclic) bond motifs is 1. The molecule has 5 rings (SSSR count). The van der Waals surface area contributed by atoms with E-state index in [2.05, 4.69) is 27.7 Å². The van der Waals surface area contributed by atoms with Gasteiger partial charge >= 0.3 is 5.97 Å². The molecule has 4 aliphatic carbocycles. The molecule has 0 aromatic heterocycles. The standard InChI is InChI=1S/C25H34O5/c1-15-10-11-25(28)23(2,3)18-13-17(15)24(25,4)14-21(18)30-22(27)9-7-16-6-8-19(26)20(12-16)29-5/h6-9,12,15,17-18,21,26,28H,10-11,13-14H2,1-5H3/b9-7+/t15-,17-,18-,21-,24-,25+/m0/s1. The summed E-state index contributed by atoms with van der Waals surface area (Å²) in [6, 6.07) is 4.92. The quantitative estimate of drug-likeness (QED) is 0.558. The average molecular weight is 415 g/mol. The van der Waals surface area contributed by atoms with Gasteiger partial charge in [0, 0.05) is 22.8 Å². The predicted molar refractivity (Wildman–Crippen MR) is 115 cm³/mol. The molecule has 164 valence electrons. The Morgan fingerprint density at radius 1 is 1.23 bits per heavy atom. The van der Waals surface area contributed by atoms with Gasteiger partial charge in [-0.25, -0.2) is 4.79 Å². The Morgan fingerprint density at radius 3 is 2.67 bits per heavy atom. The molecule has 5 heteroatoms. The molecule has 0 unspecified atom stereocenters. The van der Waals surface area contributed by atoms with E-state index < -0.39 is 5.60 Å². The molecule has 0 amide bonds. The topological polar surface area (TPSA) is 76.0 Å². The number of aromatic hydroxyl groups is 1. The fraction of sp³-hybridized carbons (Fsp3) is 0.640. The Morgan fingerprint density at radius 2 is 1.97 bits per heavy atom. The zero-order valence-electron chi connectivity index (χ0n) is 18.6. The maximum atomic E-state index is 12.6. The van der Waals surface area contributed by atoms with Crippen molar-refractivity contribution in [2.45, 2.75) is 65.1 Å². The minimum atomic E-state index is -0.707. The Hall–Kier alpha value is -2.01. The van der Waals surface area contributed by atoms with Crippen LogP contribution in [0.4, 0.5) is 0 Å². The highest BCUT2D eigenvalue weighted by atomic mass is 16.5. The van der Waals surface area contributed by atoms with Gasteiger partial charge in [0.1, 0.15) is 6.10 Å². The van der Waals surface area contributed by atoms with E-state index in [4.69, 9.17) is 9.47 Å². The van der Waals surface area contributed by atoms with E-state index in [-0.39, 0.29) is 34.6 Å². The molecule has 0 heterocycles. The molecule has 4 fully saturated rings. The molecule has 4 bridgehead atoms. The number of esters is 1. The first-order valence-corrected chi connectivity index (χ1v) is 11.0. The van der Waals surface area contributed by atoms with Crippen molar-refractivity contribution < 1.29 is 24.5 Å². The number of hydrogen-bond donors (Lipinski definition) is 2. The lowest BCUT2D eigenvalue weighted by molar-refractivity contribution is -0.316. The molecule has 1 aromatic rings. The average Bonchev–Trinajstić information content (AvgIpc) is 2.69. The molecule has 0 radical (unpaired) electrons. The fourth-order valence-electron chi connectivity index (χ4n) is 7.05. The lowest BCUT2D eigenvalue weighted by Gasteiger charge is -2.72. The first kappa shape index (κ1) is 21.2. The molecule has 4 saturated carbocycles. The summed E-state index contributed by atoms with van der Waals surface area (Å²) < 4.78 is 11.1. The number of carbonyl (C=O) groups excluding carboxylic acids is 1. The number of carbonyl (C=O) groups is 1. The normalized spacial score (nSPS) is 39.1. The minimum Gasteiger partial charge on any atom is -0.504 e. The second-order valence-corrected chi connectivity index (χ2v) is 10.4. The number of ether oxygens (including phenoxy) is 2. The van der Waals surface area contributed by atoms with E-state index in [1.807, 2.05) is 0 Å². The Labute approximate surface area is 179 Å². The van der Waals surface area contributed by atoms with Crippen LogP contribution >= 0.6 is 0 Å². The van der Waals surface area contributed by atoms with Crippen molar-refractivity contribution in [2.75, 3.05) is 7.11 Å². The highest BCUT2D eigenvalue weighted by Gasteiger charge is 2.72. The van der Waals surface area contributed by atoms with E-state index >= 15 is 0 Å². The number of benzene rings is 1. The number of aliphatic hydroxyl groups is 1. The van der Waals surface area contributed by atoms with E-state index in [0.717, 1.165) is 31.2 Å². The van der Waals surface area contributed by atoms with Crippen LogP contribution in [0.3, 0.4) is 0 Å². The first-order chi connectivity index (χ1) is 14.0. The summed E-state index contributed by atoms with van der Waals surface area (Å²) in [4.78, 5) is 12.6. The van der Waals surface area contributed by atoms with Gasteiger partial charge in [0.15, 0.2) is 11.5 Å². The molecule has 0 saturated heterocycles. The smallest absolute Gasteiger partial charge is 0.331 e. The predicted octanol–water partition coefficient (Wildman–Crippen LogP) is 4.56. The third kappa shape index (κ3) is 2.89. The Kier molecular flexibility index (Phi) is 4.96. The monoisotopic (exact) mass is 414 g/mol. The number of methoxy groups -OCH3 is 1. The third-order valence-corrected chi connectivity index (χ3v) is 8.87. The summed E-state index contributed by atoms with van der Waals surface area (Å²) in [5.41, 5.74) is -0.490. The van der Waals surface area contributed by atoms with Crippen LogP contribution in [0.2, 0.25) is 0 Å². The van der Waals surface area contributed by atoms with Crippen LogP contribution in [0, 0.1) is 28.6 Å². The number of phenolic OH excluding ortho intramolecular Hbond substituents is 1. The number of phenols is 1. The van der Waals surface area contributed by atoms with E-state index in [1.54, 1.807) is 18.2 Å². The van der Waals surface area contributed by atoms with E-state index in [0.29, 0.717) is 17.6 Å². The summed E-state index contributed by atoms with van der Waals surface area (Å²) in [7, 11) is 1.49. The molecule has 5 nitrogen and oxygen atoms in total. The van der Waals surface area contributed by atoms with Crippen molar-refractivity contribution in [2.24, 2.45) is 28.6 Å². The highest BCUT2D eigenvalue weighted by molar-refractivity contribution is 5.87. The maximum Gasteiger partial charge on any atom is 0.331 e. The van der Waals surface area contributed by atoms with Crippen LogP contribution in [0.1, 0.15) is 58.9 Å². The van der Waals surface area contributed by atoms with Crippen molar-refractivity contribution >= 4 is 12.0 Å². The lowest BCUT2D eigenvalue weighted by Crippen LogP contribution is -2.74. The molecule has 1 aromatic carbocycles. The zero-order chi connectivity index (χ0) is 21.9. The number of hydrogen-bond acceptors (Lipinski definition) is 5. The van der Waals surface area contributed by atoms with Crippen LogP contribution in [0.15, 0.2) is 24.3 Å². The maximum absolute atomic E-state index is 12.6. The van der Waals surface area contributed by atoms with Crippen LogP contribution in [-0.4, -0.2) is 35.0 Å². The summed E-state index contributed by atoms with van der Waals surface area (Å²) in [5, 5.41) is 21.5. The van der Waals surface area contributed by atoms with Gasteiger partial charge in [-0.2, -0.15) is 0 Å². The molecule has 6 atom stereocenters. The van der Waals surface area contributed by atoms with Gasteiger partial charge in [-0.15, -0.1) is 0 Å². The fourth-order valence-corrected chi connectivity index (χ4v) is 7.05. The Balaban J connectivity index is 1.52. The number of rotatable bonds is 4. The van der Waals surface area contributed by atoms with Crippen molar-refractivity contribution in [1.82, 2.24) is 0 Å². The van der Waals surface area contributed by atoms with Crippen LogP contribution in [0.5, 0.6) is 11.5 Å². The van der Waals surface area contributed by atoms with Gasteiger partial charge in [-0.05, 0) is 61.3 Å². The molecule has 2 N–H and O–H groups in total. The first-order valence-electron chi connectivity index (χ1n) is 11.0. The highest BCUT2D eigenvalue weighted by Crippen LogP contribution is 2.71. The van der Waals surface area contributed by atoms with Crippen molar-refractivity contribution in [1.29, 1.82) is 0 Å². The third-order valence-electron chi connectivity index (χ3n) is 8.87. The lowest BCUT2D eigenvalue weighted by atomic mass is 9.35. The van der Waals surface area contributed by atoms with Crippen LogP contribution in [0.25, 0.3) is 6.08 Å². The van der Waals surface area contributed by atoms with Crippen LogP contribution < -0.4 is 4.74 Å². The van der Waals surface area contributed by atoms with Gasteiger partial charge in [0.25, 0.3) is 0 Å². The molecule has 0 aliphatic heterocycles. The van der Waals surface area contributed by atoms with E-state index in [1.165, 1.54) is 19.3 Å². The second-order valence-electron chi connectivity index (χ2n) is 10.4. The second kappa shape index (κ2) is 7.01. The Bertz CT molecular complexity index is 874. The zero-order valence-corrected chi connectivity index (χ0v) is 18.6. The molecular formula is C25H34O5. The molecule has 0 spiro atoms. The minimum absolute atomic E-state index is 0.0589. The van der Waals surface area contributed by atoms with Crippen molar-refractivity contribution in [3.8, 4) is 11.5 Å². The largest absolute Gasteiger partial charge is 0.504 e. The van der Waals surface area contributed by atoms with Crippen LogP contribution in [-0.2, 0) is 9.53 Å². The van der Waals surface area contributed by atoms with E-state index in [9.17, 15) is 15.0 Å². The summed E-state index contributed by atoms with van der Waals surface area (Å²) in [6.45, 7) is 8.82. The molecular weight excluding hydrogens is 380 g/mol. The van der Waals surface area contributed by atoms with Crippen molar-refractivity contribution in [3.05, 3.63) is 29.8 Å². The summed E-state index contributed by atoms with van der Waals surface area (Å²) >= 11 is 0. The molecule has 4 aliphatic rings. The summed E-state index contributed by atoms with van der Waals surface area (Å²) in [5.74, 6) is 1.27. The summed E-state index contributed by atoms with van der Waals surface area (Å²) in [6.07, 6.45) is 6.54. The molecule has 30 heavy (non-hydrogen) atoms. The van der Waals surface area contributed by atoms with Gasteiger partial charge in [-0.3, -0.25) is 0 Å². The van der Waals surface area contributed by atoms with Gasteiger partial charge in [-0.1, -0.05) is 33.8 Å². The van der Waals surface area contributed by atoms with Crippen molar-refractivity contribution in [3.63, 3.8) is 0 Å². The van der Waals surface area contributed by atoms with Gasteiger partial charge in [0.2, 0.25) is 0 Å².